The van der Waals surface area contributed by atoms with E-state index in [1.807, 2.05) is 47.4 Å². The molecule has 1 N–H and O–H groups in total. The minimum absolute atomic E-state index is 0.0867. The van der Waals surface area contributed by atoms with Gasteiger partial charge in [0.25, 0.3) is 0 Å². The van der Waals surface area contributed by atoms with Crippen LogP contribution in [0.15, 0.2) is 66.7 Å². The Bertz CT molecular complexity index is 1240. The molecule has 1 heterocycles. The summed E-state index contributed by atoms with van der Waals surface area (Å²) >= 11 is 12.4. The van der Waals surface area contributed by atoms with Crippen molar-refractivity contribution in [3.8, 4) is 5.75 Å². The highest BCUT2D eigenvalue weighted by atomic mass is 35.5. The van der Waals surface area contributed by atoms with Crippen LogP contribution in [0.4, 0.5) is 0 Å². The third-order valence-electron chi connectivity index (χ3n) is 6.59. The van der Waals surface area contributed by atoms with Crippen LogP contribution in [0.3, 0.4) is 0 Å². The Labute approximate surface area is 207 Å². The summed E-state index contributed by atoms with van der Waals surface area (Å²) in [6.45, 7) is 0.0907. The van der Waals surface area contributed by atoms with Crippen LogP contribution in [0.5, 0.6) is 5.75 Å². The summed E-state index contributed by atoms with van der Waals surface area (Å²) in [7, 11) is 0. The van der Waals surface area contributed by atoms with E-state index in [1.54, 1.807) is 18.2 Å². The van der Waals surface area contributed by atoms with Crippen LogP contribution < -0.4 is 4.74 Å². The molecule has 0 bridgehead atoms. The molecular formula is C27H23Cl2NO4. The fourth-order valence-electron chi connectivity index (χ4n) is 4.90. The van der Waals surface area contributed by atoms with E-state index in [2.05, 4.69) is 6.07 Å². The van der Waals surface area contributed by atoms with Crippen LogP contribution >= 0.6 is 23.2 Å². The highest BCUT2D eigenvalue weighted by molar-refractivity contribution is 6.30. The van der Waals surface area contributed by atoms with Gasteiger partial charge in [-0.2, -0.15) is 0 Å². The lowest BCUT2D eigenvalue weighted by Gasteiger charge is -2.38. The number of aliphatic carboxylic acids is 1. The zero-order valence-corrected chi connectivity index (χ0v) is 19.8. The maximum Gasteiger partial charge on any atom is 0.341 e. The Kier molecular flexibility index (Phi) is 6.24. The smallest absolute Gasteiger partial charge is 0.341 e. The number of carbonyl (C=O) groups excluding carboxylic acids is 1. The van der Waals surface area contributed by atoms with Crippen molar-refractivity contribution in [1.82, 2.24) is 4.90 Å². The van der Waals surface area contributed by atoms with Gasteiger partial charge in [-0.15, -0.1) is 0 Å². The second-order valence-electron chi connectivity index (χ2n) is 8.75. The maximum atomic E-state index is 13.8. The topological polar surface area (TPSA) is 66.8 Å². The summed E-state index contributed by atoms with van der Waals surface area (Å²) in [5, 5.41) is 10.3. The van der Waals surface area contributed by atoms with Crippen molar-refractivity contribution >= 4 is 35.1 Å². The third-order valence-corrected chi connectivity index (χ3v) is 7.08. The predicted molar refractivity (Wildman–Crippen MR) is 131 cm³/mol. The standard InChI is InChI=1S/C27H23Cl2NO4/c28-18-7-5-17(6-8-18)21-14-22(21)27(33)30-12-11-16-3-1-2-4-20(16)26(30)23-13-19(29)9-10-24(23)34-15-25(31)32/h1-10,13,21-22,26H,11-12,14-15H2,(H,31,32)/t21-,22+,26?/m0/s1. The van der Waals surface area contributed by atoms with Crippen molar-refractivity contribution in [3.05, 3.63) is 99.0 Å². The van der Waals surface area contributed by atoms with E-state index in [0.29, 0.717) is 27.9 Å². The van der Waals surface area contributed by atoms with Gasteiger partial charge in [0, 0.05) is 28.1 Å². The van der Waals surface area contributed by atoms with E-state index in [4.69, 9.17) is 33.0 Å². The number of carbonyl (C=O) groups is 2. The molecule has 1 saturated carbocycles. The van der Waals surface area contributed by atoms with Crippen LogP contribution in [0, 0.1) is 5.92 Å². The fourth-order valence-corrected chi connectivity index (χ4v) is 5.21. The number of benzene rings is 3. The molecule has 3 aromatic carbocycles. The molecule has 1 aliphatic carbocycles. The lowest BCUT2D eigenvalue weighted by Crippen LogP contribution is -2.41. The second-order valence-corrected chi connectivity index (χ2v) is 9.62. The van der Waals surface area contributed by atoms with Crippen molar-refractivity contribution in [2.24, 2.45) is 5.92 Å². The number of carboxylic acid groups (broad SMARTS) is 1. The lowest BCUT2D eigenvalue weighted by atomic mass is 9.87. The number of ether oxygens (including phenoxy) is 1. The summed E-state index contributed by atoms with van der Waals surface area (Å²) in [6, 6.07) is 20.4. The first-order valence-corrected chi connectivity index (χ1v) is 12.0. The summed E-state index contributed by atoms with van der Waals surface area (Å²) in [4.78, 5) is 26.9. The van der Waals surface area contributed by atoms with E-state index >= 15 is 0 Å². The van der Waals surface area contributed by atoms with E-state index in [-0.39, 0.29) is 17.7 Å². The normalized spacial score (nSPS) is 21.0. The Morgan fingerprint density at radius 1 is 0.971 bits per heavy atom. The van der Waals surface area contributed by atoms with Gasteiger partial charge in [-0.1, -0.05) is 59.6 Å². The number of carboxylic acids is 1. The Balaban J connectivity index is 1.51. The second kappa shape index (κ2) is 9.32. The van der Waals surface area contributed by atoms with Crippen molar-refractivity contribution in [2.75, 3.05) is 13.2 Å². The average molecular weight is 496 g/mol. The van der Waals surface area contributed by atoms with Crippen molar-refractivity contribution in [2.45, 2.75) is 24.8 Å². The molecule has 7 heteroatoms. The molecule has 0 aromatic heterocycles. The molecule has 3 atom stereocenters. The first-order chi connectivity index (χ1) is 16.4. The fraction of sp³-hybridized carbons (Fsp3) is 0.259. The van der Waals surface area contributed by atoms with Gasteiger partial charge in [0.15, 0.2) is 6.61 Å². The number of rotatable bonds is 6. The predicted octanol–water partition coefficient (Wildman–Crippen LogP) is 5.73. The molecular weight excluding hydrogens is 473 g/mol. The van der Waals surface area contributed by atoms with Gasteiger partial charge < -0.3 is 14.7 Å². The molecule has 1 fully saturated rings. The van der Waals surface area contributed by atoms with Crippen molar-refractivity contribution < 1.29 is 19.4 Å². The molecule has 0 radical (unpaired) electrons. The molecule has 0 saturated heterocycles. The lowest BCUT2D eigenvalue weighted by molar-refractivity contribution is -0.139. The Morgan fingerprint density at radius 2 is 1.71 bits per heavy atom. The molecule has 2 aliphatic rings. The Hall–Kier alpha value is -3.02. The van der Waals surface area contributed by atoms with Gasteiger partial charge in [0.05, 0.1) is 6.04 Å². The van der Waals surface area contributed by atoms with E-state index in [9.17, 15) is 9.59 Å². The molecule has 0 spiro atoms. The Morgan fingerprint density at radius 3 is 2.47 bits per heavy atom. The molecule has 1 unspecified atom stereocenters. The van der Waals surface area contributed by atoms with Crippen LogP contribution in [0.1, 0.15) is 40.6 Å². The van der Waals surface area contributed by atoms with Crippen molar-refractivity contribution in [1.29, 1.82) is 0 Å². The maximum absolute atomic E-state index is 13.8. The van der Waals surface area contributed by atoms with Gasteiger partial charge in [0.2, 0.25) is 5.91 Å². The highest BCUT2D eigenvalue weighted by Crippen LogP contribution is 2.51. The van der Waals surface area contributed by atoms with Gasteiger partial charge in [-0.3, -0.25) is 4.79 Å². The third kappa shape index (κ3) is 4.50. The average Bonchev–Trinajstić information content (AvgIpc) is 3.63. The minimum Gasteiger partial charge on any atom is -0.482 e. The van der Waals surface area contributed by atoms with Gasteiger partial charge in [0.1, 0.15) is 5.75 Å². The summed E-state index contributed by atoms with van der Waals surface area (Å²) < 4.78 is 5.62. The number of fused-ring (bicyclic) bond motifs is 1. The van der Waals surface area contributed by atoms with E-state index in [0.717, 1.165) is 29.5 Å². The molecule has 5 nitrogen and oxygen atoms in total. The molecule has 1 amide bonds. The van der Waals surface area contributed by atoms with Gasteiger partial charge in [-0.05, 0) is 65.8 Å². The highest BCUT2D eigenvalue weighted by Gasteiger charge is 2.48. The number of hydrogen-bond donors (Lipinski definition) is 1. The molecule has 174 valence electrons. The molecule has 1 aliphatic heterocycles. The molecule has 5 rings (SSSR count). The minimum atomic E-state index is -1.07. The summed E-state index contributed by atoms with van der Waals surface area (Å²) in [6.07, 6.45) is 1.55. The first kappa shape index (κ1) is 22.8. The number of hydrogen-bond acceptors (Lipinski definition) is 3. The monoisotopic (exact) mass is 495 g/mol. The van der Waals surface area contributed by atoms with Crippen LogP contribution in [0.25, 0.3) is 0 Å². The number of halogens is 2. The van der Waals surface area contributed by atoms with E-state index in [1.165, 1.54) is 0 Å². The molecule has 34 heavy (non-hydrogen) atoms. The van der Waals surface area contributed by atoms with Gasteiger partial charge >= 0.3 is 5.97 Å². The van der Waals surface area contributed by atoms with Crippen LogP contribution in [0.2, 0.25) is 10.0 Å². The summed E-state index contributed by atoms with van der Waals surface area (Å²) in [5.74, 6) is -0.497. The summed E-state index contributed by atoms with van der Waals surface area (Å²) in [5.41, 5.74) is 3.97. The van der Waals surface area contributed by atoms with Crippen LogP contribution in [-0.2, 0) is 16.0 Å². The molecule has 3 aromatic rings. The first-order valence-electron chi connectivity index (χ1n) is 11.2. The van der Waals surface area contributed by atoms with Crippen molar-refractivity contribution in [3.63, 3.8) is 0 Å². The zero-order valence-electron chi connectivity index (χ0n) is 18.3. The van der Waals surface area contributed by atoms with Crippen LogP contribution in [-0.4, -0.2) is 35.0 Å². The SMILES string of the molecule is O=C(O)COc1ccc(Cl)cc1C1c2ccccc2CCN1C(=O)[C@@H]1C[C@H]1c1ccc(Cl)cc1. The zero-order chi connectivity index (χ0) is 23.8. The number of amides is 1. The van der Waals surface area contributed by atoms with Gasteiger partial charge in [-0.25, -0.2) is 4.79 Å². The largest absolute Gasteiger partial charge is 0.482 e. The van der Waals surface area contributed by atoms with E-state index < -0.39 is 18.6 Å². The quantitative estimate of drug-likeness (QED) is 0.473. The number of nitrogens with zero attached hydrogens (tertiary/aromatic N) is 1.